The molecule has 0 aliphatic rings. The predicted octanol–water partition coefficient (Wildman–Crippen LogP) is 3.92. The quantitative estimate of drug-likeness (QED) is 0.801. The van der Waals surface area contributed by atoms with Crippen LogP contribution in [-0.2, 0) is 14.9 Å². The molecule has 2 rings (SSSR count). The zero-order valence-electron chi connectivity index (χ0n) is 15.6. The summed E-state index contributed by atoms with van der Waals surface area (Å²) >= 11 is 1.34. The Bertz CT molecular complexity index is 794. The summed E-state index contributed by atoms with van der Waals surface area (Å²) in [4.78, 5) is 29.5. The van der Waals surface area contributed by atoms with E-state index in [-0.39, 0.29) is 23.6 Å². The van der Waals surface area contributed by atoms with Crippen LogP contribution < -0.4 is 5.32 Å². The molecule has 0 aliphatic heterocycles. The molecule has 0 bridgehead atoms. The Balaban J connectivity index is 2.27. The van der Waals surface area contributed by atoms with Gasteiger partial charge in [0.15, 0.2) is 0 Å². The average Bonchev–Trinajstić information content (AvgIpc) is 2.97. The van der Waals surface area contributed by atoms with Crippen molar-refractivity contribution in [2.24, 2.45) is 0 Å². The third-order valence-corrected chi connectivity index (χ3v) is 5.40. The van der Waals surface area contributed by atoms with Gasteiger partial charge in [0, 0.05) is 5.41 Å². The van der Waals surface area contributed by atoms with Crippen molar-refractivity contribution in [2.75, 3.05) is 7.11 Å². The molecule has 1 N–H and O–H groups in total. The summed E-state index contributed by atoms with van der Waals surface area (Å²) in [5.74, 6) is -1.16. The van der Waals surface area contributed by atoms with E-state index in [2.05, 4.69) is 10.3 Å². The molecular weight excluding hydrogens is 355 g/mol. The number of esters is 1. The zero-order valence-corrected chi connectivity index (χ0v) is 16.4. The van der Waals surface area contributed by atoms with Crippen molar-refractivity contribution in [3.8, 4) is 0 Å². The van der Waals surface area contributed by atoms with E-state index in [0.717, 1.165) is 5.01 Å². The summed E-state index contributed by atoms with van der Waals surface area (Å²) in [6, 6.07) is 5.06. The van der Waals surface area contributed by atoms with E-state index in [0.29, 0.717) is 16.1 Å². The third-order valence-electron chi connectivity index (χ3n) is 3.82. The van der Waals surface area contributed by atoms with Gasteiger partial charge in [0.05, 0.1) is 30.3 Å². The van der Waals surface area contributed by atoms with Gasteiger partial charge in [-0.15, -0.1) is 11.3 Å². The number of rotatable bonds is 5. The van der Waals surface area contributed by atoms with E-state index in [1.807, 2.05) is 20.8 Å². The lowest BCUT2D eigenvalue weighted by Gasteiger charge is -2.18. The van der Waals surface area contributed by atoms with Crippen molar-refractivity contribution in [1.29, 1.82) is 0 Å². The van der Waals surface area contributed by atoms with E-state index in [4.69, 9.17) is 4.74 Å². The second kappa shape index (κ2) is 7.95. The Morgan fingerprint density at radius 2 is 1.88 bits per heavy atom. The lowest BCUT2D eigenvalue weighted by atomic mass is 9.98. The molecule has 1 atom stereocenters. The highest BCUT2D eigenvalue weighted by molar-refractivity contribution is 7.14. The molecule has 1 aromatic heterocycles. The van der Waals surface area contributed by atoms with Gasteiger partial charge < -0.3 is 10.1 Å². The van der Waals surface area contributed by atoms with Crippen molar-refractivity contribution < 1.29 is 18.7 Å². The van der Waals surface area contributed by atoms with Crippen LogP contribution in [0.2, 0.25) is 0 Å². The van der Waals surface area contributed by atoms with Crippen LogP contribution in [0, 0.1) is 12.7 Å². The number of amides is 1. The first-order valence-electron chi connectivity index (χ1n) is 8.23. The second-order valence-electron chi connectivity index (χ2n) is 7.04. The van der Waals surface area contributed by atoms with Gasteiger partial charge in [0.1, 0.15) is 10.7 Å². The van der Waals surface area contributed by atoms with Crippen molar-refractivity contribution in [3.63, 3.8) is 0 Å². The van der Waals surface area contributed by atoms with Crippen LogP contribution in [0.4, 0.5) is 4.39 Å². The fourth-order valence-electron chi connectivity index (χ4n) is 2.35. The van der Waals surface area contributed by atoms with Gasteiger partial charge in [0.25, 0.3) is 5.91 Å². The maximum atomic E-state index is 13.2. The number of nitrogens with one attached hydrogen (secondary N) is 1. The maximum Gasteiger partial charge on any atom is 0.307 e. The zero-order chi connectivity index (χ0) is 19.5. The molecule has 0 saturated heterocycles. The van der Waals surface area contributed by atoms with E-state index in [1.54, 1.807) is 19.1 Å². The van der Waals surface area contributed by atoms with Crippen LogP contribution in [-0.4, -0.2) is 24.0 Å². The summed E-state index contributed by atoms with van der Waals surface area (Å²) in [5, 5.41) is 3.72. The molecule has 140 valence electrons. The summed E-state index contributed by atoms with van der Waals surface area (Å²) in [5.41, 5.74) is 1.12. The number of aryl methyl sites for hydroxylation is 1. The van der Waals surface area contributed by atoms with Gasteiger partial charge in [-0.2, -0.15) is 0 Å². The molecule has 1 amide bonds. The van der Waals surface area contributed by atoms with Crippen LogP contribution in [0.3, 0.4) is 0 Å². The number of nitrogens with zero attached hydrogens (tertiary/aromatic N) is 1. The van der Waals surface area contributed by atoms with Crippen molar-refractivity contribution in [1.82, 2.24) is 10.3 Å². The van der Waals surface area contributed by atoms with Gasteiger partial charge in [-0.25, -0.2) is 9.37 Å². The molecule has 7 heteroatoms. The first-order chi connectivity index (χ1) is 12.1. The number of benzene rings is 1. The SMILES string of the molecule is COC(=O)CC(NC(=O)c1sc(C(C)(C)C)nc1C)c1ccc(F)cc1. The molecule has 5 nitrogen and oxygen atoms in total. The number of aromatic nitrogens is 1. The Morgan fingerprint density at radius 1 is 1.27 bits per heavy atom. The highest BCUT2D eigenvalue weighted by Gasteiger charge is 2.25. The molecule has 0 radical (unpaired) electrons. The fraction of sp³-hybridized carbons (Fsp3) is 0.421. The molecule has 1 unspecified atom stereocenters. The van der Waals surface area contributed by atoms with Crippen molar-refractivity contribution >= 4 is 23.2 Å². The normalized spacial score (nSPS) is 12.5. The highest BCUT2D eigenvalue weighted by Crippen LogP contribution is 2.30. The lowest BCUT2D eigenvalue weighted by molar-refractivity contribution is -0.141. The topological polar surface area (TPSA) is 68.3 Å². The molecular formula is C19H23FN2O3S. The van der Waals surface area contributed by atoms with Gasteiger partial charge in [-0.1, -0.05) is 32.9 Å². The summed E-state index contributed by atoms with van der Waals surface area (Å²) in [6.45, 7) is 7.89. The molecule has 0 spiro atoms. The number of methoxy groups -OCH3 is 1. The van der Waals surface area contributed by atoms with Crippen molar-refractivity contribution in [3.05, 3.63) is 51.2 Å². The van der Waals surface area contributed by atoms with E-state index >= 15 is 0 Å². The number of carbonyl (C=O) groups is 2. The van der Waals surface area contributed by atoms with Crippen LogP contribution in [0.15, 0.2) is 24.3 Å². The average molecular weight is 378 g/mol. The largest absolute Gasteiger partial charge is 0.469 e. The fourth-order valence-corrected chi connectivity index (χ4v) is 3.38. The minimum atomic E-state index is -0.616. The van der Waals surface area contributed by atoms with Gasteiger partial charge in [-0.05, 0) is 24.6 Å². The number of hydrogen-bond donors (Lipinski definition) is 1. The Kier molecular flexibility index (Phi) is 6.13. The molecule has 2 aromatic rings. The predicted molar refractivity (Wildman–Crippen MR) is 98.8 cm³/mol. The van der Waals surface area contributed by atoms with E-state index < -0.39 is 12.0 Å². The number of halogens is 1. The lowest BCUT2D eigenvalue weighted by Crippen LogP contribution is -2.30. The molecule has 26 heavy (non-hydrogen) atoms. The van der Waals surface area contributed by atoms with Crippen LogP contribution in [0.25, 0.3) is 0 Å². The minimum absolute atomic E-state index is 0.0438. The third kappa shape index (κ3) is 4.88. The number of carbonyl (C=O) groups excluding carboxylic acids is 2. The standard InChI is InChI=1S/C19H23FN2O3S/c1-11-16(26-18(21-11)19(2,3)4)17(24)22-14(10-15(23)25-5)12-6-8-13(20)9-7-12/h6-9,14H,10H2,1-5H3,(H,22,24). The highest BCUT2D eigenvalue weighted by atomic mass is 32.1. The first-order valence-corrected chi connectivity index (χ1v) is 9.04. The number of ether oxygens (including phenoxy) is 1. The Hall–Kier alpha value is -2.28. The maximum absolute atomic E-state index is 13.2. The van der Waals surface area contributed by atoms with Crippen LogP contribution >= 0.6 is 11.3 Å². The minimum Gasteiger partial charge on any atom is -0.469 e. The van der Waals surface area contributed by atoms with E-state index in [1.165, 1.54) is 30.6 Å². The van der Waals surface area contributed by atoms with Gasteiger partial charge >= 0.3 is 5.97 Å². The van der Waals surface area contributed by atoms with Crippen LogP contribution in [0.1, 0.15) is 59.2 Å². The Labute approximate surface area is 156 Å². The Morgan fingerprint density at radius 3 is 2.38 bits per heavy atom. The number of hydrogen-bond acceptors (Lipinski definition) is 5. The summed E-state index contributed by atoms with van der Waals surface area (Å²) < 4.78 is 17.9. The van der Waals surface area contributed by atoms with E-state index in [9.17, 15) is 14.0 Å². The molecule has 0 fully saturated rings. The summed E-state index contributed by atoms with van der Waals surface area (Å²) in [6.07, 6.45) is -0.0438. The molecule has 1 aromatic carbocycles. The smallest absolute Gasteiger partial charge is 0.307 e. The molecule has 1 heterocycles. The van der Waals surface area contributed by atoms with Crippen molar-refractivity contribution in [2.45, 2.75) is 45.6 Å². The summed E-state index contributed by atoms with van der Waals surface area (Å²) in [7, 11) is 1.29. The second-order valence-corrected chi connectivity index (χ2v) is 8.04. The first kappa shape index (κ1) is 20.0. The number of thiazole rings is 1. The molecule has 0 aliphatic carbocycles. The van der Waals surface area contributed by atoms with Gasteiger partial charge in [-0.3, -0.25) is 9.59 Å². The van der Waals surface area contributed by atoms with Crippen LogP contribution in [0.5, 0.6) is 0 Å². The molecule has 0 saturated carbocycles. The monoisotopic (exact) mass is 378 g/mol. The van der Waals surface area contributed by atoms with Gasteiger partial charge in [0.2, 0.25) is 0 Å².